The van der Waals surface area contributed by atoms with Crippen molar-refractivity contribution in [1.82, 2.24) is 9.97 Å². The normalized spacial score (nSPS) is 17.2. The molecule has 13 heavy (non-hydrogen) atoms. The van der Waals surface area contributed by atoms with E-state index < -0.39 is 0 Å². The smallest absolute Gasteiger partial charge is 0.131 e. The molecule has 66 valence electrons. The van der Waals surface area contributed by atoms with Crippen molar-refractivity contribution in [3.05, 3.63) is 23.8 Å². The molecule has 1 aromatic rings. The average Bonchev–Trinajstić information content (AvgIpc) is 2.71. The van der Waals surface area contributed by atoms with Crippen LogP contribution in [0, 0.1) is 11.3 Å². The molecular weight excluding hydrogens is 162 g/mol. The fourth-order valence-electron chi connectivity index (χ4n) is 1.79. The Morgan fingerprint density at radius 1 is 1.23 bits per heavy atom. The van der Waals surface area contributed by atoms with E-state index in [9.17, 15) is 0 Å². The molecule has 1 fully saturated rings. The second-order valence-electron chi connectivity index (χ2n) is 3.42. The van der Waals surface area contributed by atoms with Gasteiger partial charge in [-0.1, -0.05) is 12.8 Å². The van der Waals surface area contributed by atoms with E-state index in [1.54, 1.807) is 12.4 Å². The molecule has 1 saturated carbocycles. The molecule has 3 heteroatoms. The summed E-state index contributed by atoms with van der Waals surface area (Å²) in [6, 6.07) is 2.02. The van der Waals surface area contributed by atoms with Gasteiger partial charge in [0.15, 0.2) is 0 Å². The van der Waals surface area contributed by atoms with E-state index in [2.05, 4.69) is 9.97 Å². The predicted octanol–water partition coefficient (Wildman–Crippen LogP) is 2.01. The molecule has 0 amide bonds. The molecule has 1 aliphatic carbocycles. The summed E-state index contributed by atoms with van der Waals surface area (Å²) in [6.45, 7) is 0. The van der Waals surface area contributed by atoms with E-state index >= 15 is 0 Å². The Morgan fingerprint density at radius 3 is 2.38 bits per heavy atom. The van der Waals surface area contributed by atoms with E-state index in [0.29, 0.717) is 11.5 Å². The van der Waals surface area contributed by atoms with Crippen molar-refractivity contribution in [1.29, 1.82) is 5.26 Å². The average molecular weight is 173 g/mol. The van der Waals surface area contributed by atoms with Gasteiger partial charge in [0.05, 0.1) is 5.56 Å². The van der Waals surface area contributed by atoms with Gasteiger partial charge < -0.3 is 0 Å². The molecule has 1 heterocycles. The van der Waals surface area contributed by atoms with Crippen LogP contribution in [0.15, 0.2) is 12.4 Å². The molecule has 0 bridgehead atoms. The minimum atomic E-state index is 0.535. The summed E-state index contributed by atoms with van der Waals surface area (Å²) in [6.07, 6.45) is 8.20. The lowest BCUT2D eigenvalue weighted by atomic mass is 10.1. The van der Waals surface area contributed by atoms with Crippen LogP contribution in [0.5, 0.6) is 0 Å². The van der Waals surface area contributed by atoms with Crippen molar-refractivity contribution in [2.75, 3.05) is 0 Å². The van der Waals surface area contributed by atoms with Gasteiger partial charge in [0.25, 0.3) is 0 Å². The SMILES string of the molecule is N#Cc1cnc(C2CCCC2)nc1. The van der Waals surface area contributed by atoms with Gasteiger partial charge in [-0.2, -0.15) is 5.26 Å². The summed E-state index contributed by atoms with van der Waals surface area (Å²) in [5, 5.41) is 8.56. The van der Waals surface area contributed by atoms with Gasteiger partial charge in [-0.25, -0.2) is 9.97 Å². The van der Waals surface area contributed by atoms with E-state index in [4.69, 9.17) is 5.26 Å². The van der Waals surface area contributed by atoms with Crippen molar-refractivity contribution < 1.29 is 0 Å². The molecule has 0 radical (unpaired) electrons. The van der Waals surface area contributed by atoms with Crippen LogP contribution in [0.25, 0.3) is 0 Å². The molecule has 0 unspecified atom stereocenters. The fraction of sp³-hybridized carbons (Fsp3) is 0.500. The molecule has 0 N–H and O–H groups in total. The monoisotopic (exact) mass is 173 g/mol. The Hall–Kier alpha value is -1.43. The van der Waals surface area contributed by atoms with Crippen LogP contribution in [0.2, 0.25) is 0 Å². The van der Waals surface area contributed by atoms with Crippen LogP contribution in [-0.2, 0) is 0 Å². The van der Waals surface area contributed by atoms with Gasteiger partial charge in [-0.3, -0.25) is 0 Å². The van der Waals surface area contributed by atoms with E-state index in [-0.39, 0.29) is 0 Å². The van der Waals surface area contributed by atoms with Crippen LogP contribution in [0.3, 0.4) is 0 Å². The Bertz CT molecular complexity index is 317. The van der Waals surface area contributed by atoms with Crippen LogP contribution in [-0.4, -0.2) is 9.97 Å². The highest BCUT2D eigenvalue weighted by molar-refractivity contribution is 5.22. The van der Waals surface area contributed by atoms with Gasteiger partial charge in [0, 0.05) is 18.3 Å². The van der Waals surface area contributed by atoms with Crippen molar-refractivity contribution in [3.8, 4) is 6.07 Å². The first-order valence-corrected chi connectivity index (χ1v) is 4.62. The first kappa shape index (κ1) is 8.18. The molecular formula is C10H11N3. The number of nitrogens with zero attached hydrogens (tertiary/aromatic N) is 3. The summed E-state index contributed by atoms with van der Waals surface area (Å²) in [5.74, 6) is 1.45. The lowest BCUT2D eigenvalue weighted by molar-refractivity contribution is 0.667. The quantitative estimate of drug-likeness (QED) is 0.652. The molecule has 3 nitrogen and oxygen atoms in total. The Labute approximate surface area is 77.4 Å². The molecule has 0 aliphatic heterocycles. The van der Waals surface area contributed by atoms with Crippen LogP contribution >= 0.6 is 0 Å². The summed E-state index contributed by atoms with van der Waals surface area (Å²) in [4.78, 5) is 8.40. The standard InChI is InChI=1S/C10H11N3/c11-5-8-6-12-10(13-7-8)9-3-1-2-4-9/h6-7,9H,1-4H2. The number of hydrogen-bond donors (Lipinski definition) is 0. The summed E-state index contributed by atoms with van der Waals surface area (Å²) in [5.41, 5.74) is 0.543. The highest BCUT2D eigenvalue weighted by atomic mass is 14.9. The second-order valence-corrected chi connectivity index (χ2v) is 3.42. The minimum absolute atomic E-state index is 0.535. The molecule has 0 saturated heterocycles. The van der Waals surface area contributed by atoms with Gasteiger partial charge in [-0.05, 0) is 12.8 Å². The highest BCUT2D eigenvalue weighted by Crippen LogP contribution is 2.31. The first-order valence-electron chi connectivity index (χ1n) is 4.62. The number of nitriles is 1. The van der Waals surface area contributed by atoms with Crippen molar-refractivity contribution in [2.24, 2.45) is 0 Å². The van der Waals surface area contributed by atoms with Crippen LogP contribution in [0.1, 0.15) is 43.0 Å². The lowest BCUT2D eigenvalue weighted by Crippen LogP contribution is -1.99. The molecule has 0 atom stereocenters. The summed E-state index contributed by atoms with van der Waals surface area (Å²) in [7, 11) is 0. The van der Waals surface area contributed by atoms with E-state index in [0.717, 1.165) is 5.82 Å². The van der Waals surface area contributed by atoms with Crippen molar-refractivity contribution in [2.45, 2.75) is 31.6 Å². The Morgan fingerprint density at radius 2 is 1.85 bits per heavy atom. The zero-order chi connectivity index (χ0) is 9.10. The summed E-state index contributed by atoms with van der Waals surface area (Å²) >= 11 is 0. The number of rotatable bonds is 1. The third-order valence-corrected chi connectivity index (χ3v) is 2.52. The van der Waals surface area contributed by atoms with Gasteiger partial charge in [-0.15, -0.1) is 0 Å². The van der Waals surface area contributed by atoms with E-state index in [1.807, 2.05) is 6.07 Å². The molecule has 0 spiro atoms. The maximum Gasteiger partial charge on any atom is 0.131 e. The third-order valence-electron chi connectivity index (χ3n) is 2.52. The first-order chi connectivity index (χ1) is 6.40. The lowest BCUT2D eigenvalue weighted by Gasteiger charge is -2.05. The summed E-state index contributed by atoms with van der Waals surface area (Å²) < 4.78 is 0. The highest BCUT2D eigenvalue weighted by Gasteiger charge is 2.19. The predicted molar refractivity (Wildman–Crippen MR) is 48.0 cm³/mol. The zero-order valence-electron chi connectivity index (χ0n) is 7.40. The van der Waals surface area contributed by atoms with Crippen molar-refractivity contribution >= 4 is 0 Å². The number of aromatic nitrogens is 2. The number of hydrogen-bond acceptors (Lipinski definition) is 3. The molecule has 1 aliphatic rings. The maximum absolute atomic E-state index is 8.56. The van der Waals surface area contributed by atoms with Crippen LogP contribution in [0.4, 0.5) is 0 Å². The topological polar surface area (TPSA) is 49.6 Å². The van der Waals surface area contributed by atoms with Gasteiger partial charge in [0.1, 0.15) is 11.9 Å². The Kier molecular flexibility index (Phi) is 2.22. The molecule has 1 aromatic heterocycles. The third kappa shape index (κ3) is 1.67. The van der Waals surface area contributed by atoms with Gasteiger partial charge in [0.2, 0.25) is 0 Å². The fourth-order valence-corrected chi connectivity index (χ4v) is 1.79. The Balaban J connectivity index is 2.18. The second kappa shape index (κ2) is 3.53. The van der Waals surface area contributed by atoms with Crippen LogP contribution < -0.4 is 0 Å². The zero-order valence-corrected chi connectivity index (χ0v) is 7.40. The molecule has 0 aromatic carbocycles. The van der Waals surface area contributed by atoms with Gasteiger partial charge >= 0.3 is 0 Å². The van der Waals surface area contributed by atoms with E-state index in [1.165, 1.54) is 25.7 Å². The largest absolute Gasteiger partial charge is 0.240 e. The van der Waals surface area contributed by atoms with Crippen molar-refractivity contribution in [3.63, 3.8) is 0 Å². The minimum Gasteiger partial charge on any atom is -0.240 e. The molecule has 2 rings (SSSR count). The maximum atomic E-state index is 8.56.